The maximum absolute atomic E-state index is 13.2. The summed E-state index contributed by atoms with van der Waals surface area (Å²) in [6.07, 6.45) is 1.36. The largest absolute Gasteiger partial charge is 0.503 e. The van der Waals surface area contributed by atoms with Gasteiger partial charge in [0.15, 0.2) is 11.5 Å². The lowest BCUT2D eigenvalue weighted by atomic mass is 9.94. The van der Waals surface area contributed by atoms with Crippen molar-refractivity contribution in [2.75, 3.05) is 29.2 Å². The number of carbonyl (C=O) groups excluding carboxylic acids is 3. The molecule has 1 atom stereocenters. The first-order chi connectivity index (χ1) is 15.8. The summed E-state index contributed by atoms with van der Waals surface area (Å²) in [5.74, 6) is -2.07. The van der Waals surface area contributed by atoms with Gasteiger partial charge in [-0.25, -0.2) is 0 Å². The number of ketones is 1. The van der Waals surface area contributed by atoms with Gasteiger partial charge in [-0.1, -0.05) is 12.1 Å². The highest BCUT2D eigenvalue weighted by molar-refractivity contribution is 6.20. The number of rotatable bonds is 6. The lowest BCUT2D eigenvalue weighted by molar-refractivity contribution is -0.117. The van der Waals surface area contributed by atoms with E-state index in [1.807, 2.05) is 43.3 Å². The van der Waals surface area contributed by atoms with Gasteiger partial charge in [-0.2, -0.15) is 0 Å². The molecule has 0 saturated carbocycles. The minimum absolute atomic E-state index is 0.0297. The summed E-state index contributed by atoms with van der Waals surface area (Å²) in [4.78, 5) is 41.0. The van der Waals surface area contributed by atoms with Crippen molar-refractivity contribution in [1.29, 1.82) is 0 Å². The summed E-state index contributed by atoms with van der Waals surface area (Å²) in [7, 11) is 3.82. The van der Waals surface area contributed by atoms with Crippen LogP contribution in [-0.2, 0) is 9.59 Å². The molecule has 3 aromatic rings. The highest BCUT2D eigenvalue weighted by Crippen LogP contribution is 2.42. The van der Waals surface area contributed by atoms with Gasteiger partial charge in [0.2, 0.25) is 11.7 Å². The predicted octanol–water partition coefficient (Wildman–Crippen LogP) is 4.09. The Bertz CT molecular complexity index is 1230. The van der Waals surface area contributed by atoms with E-state index in [2.05, 4.69) is 5.32 Å². The minimum Gasteiger partial charge on any atom is -0.503 e. The molecule has 1 aliphatic rings. The average molecular weight is 445 g/mol. The summed E-state index contributed by atoms with van der Waals surface area (Å²) >= 11 is 0. The third-order valence-corrected chi connectivity index (χ3v) is 5.39. The Labute approximate surface area is 190 Å². The molecule has 2 amide bonds. The summed E-state index contributed by atoms with van der Waals surface area (Å²) < 4.78 is 5.25. The molecule has 1 unspecified atom stereocenters. The van der Waals surface area contributed by atoms with Gasteiger partial charge in [0.25, 0.3) is 5.91 Å². The van der Waals surface area contributed by atoms with E-state index >= 15 is 0 Å². The van der Waals surface area contributed by atoms with Crippen LogP contribution in [0.2, 0.25) is 0 Å². The quantitative estimate of drug-likeness (QED) is 0.554. The lowest BCUT2D eigenvalue weighted by Gasteiger charge is -2.27. The number of benzene rings is 2. The van der Waals surface area contributed by atoms with Crippen LogP contribution in [0.5, 0.6) is 0 Å². The van der Waals surface area contributed by atoms with Crippen LogP contribution in [0, 0.1) is 0 Å². The predicted molar refractivity (Wildman–Crippen MR) is 124 cm³/mol. The normalized spacial score (nSPS) is 15.7. The SMILES string of the molecule is CC(=O)Nc1ccc(N2C(=O)C(O)=C(C(=O)c3ccco3)C2c2ccc(N(C)C)cc2)cc1. The van der Waals surface area contributed by atoms with Crippen LogP contribution in [0.3, 0.4) is 0 Å². The Hall–Kier alpha value is -4.33. The number of furan rings is 1. The van der Waals surface area contributed by atoms with Crippen LogP contribution < -0.4 is 15.1 Å². The van der Waals surface area contributed by atoms with Crippen molar-refractivity contribution in [3.63, 3.8) is 0 Å². The van der Waals surface area contributed by atoms with Gasteiger partial charge in [0, 0.05) is 38.1 Å². The number of aliphatic hydroxyl groups excluding tert-OH is 1. The number of hydrogen-bond acceptors (Lipinski definition) is 6. The van der Waals surface area contributed by atoms with Crippen molar-refractivity contribution in [3.05, 3.63) is 89.6 Å². The monoisotopic (exact) mass is 445 g/mol. The first-order valence-corrected chi connectivity index (χ1v) is 10.3. The van der Waals surface area contributed by atoms with E-state index in [-0.39, 0.29) is 17.2 Å². The first-order valence-electron chi connectivity index (χ1n) is 10.3. The molecular formula is C25H23N3O5. The fourth-order valence-electron chi connectivity index (χ4n) is 3.82. The second-order valence-electron chi connectivity index (χ2n) is 7.86. The molecule has 8 nitrogen and oxygen atoms in total. The van der Waals surface area contributed by atoms with Crippen molar-refractivity contribution < 1.29 is 23.9 Å². The molecule has 168 valence electrons. The van der Waals surface area contributed by atoms with Gasteiger partial charge >= 0.3 is 0 Å². The molecule has 8 heteroatoms. The Morgan fingerprint density at radius 2 is 1.70 bits per heavy atom. The molecule has 2 N–H and O–H groups in total. The molecule has 4 rings (SSSR count). The molecule has 1 aliphatic heterocycles. The van der Waals surface area contributed by atoms with Gasteiger partial charge in [0.1, 0.15) is 0 Å². The van der Waals surface area contributed by atoms with Crippen LogP contribution in [-0.4, -0.2) is 36.8 Å². The number of hydrogen-bond donors (Lipinski definition) is 2. The maximum atomic E-state index is 13.2. The van der Waals surface area contributed by atoms with Crippen LogP contribution in [0.4, 0.5) is 17.1 Å². The molecule has 0 fully saturated rings. The summed E-state index contributed by atoms with van der Waals surface area (Å²) in [5.41, 5.74) is 2.57. The maximum Gasteiger partial charge on any atom is 0.294 e. The topological polar surface area (TPSA) is 103 Å². The number of anilines is 3. The van der Waals surface area contributed by atoms with E-state index in [0.29, 0.717) is 16.9 Å². The van der Waals surface area contributed by atoms with Crippen molar-refractivity contribution in [1.82, 2.24) is 0 Å². The van der Waals surface area contributed by atoms with Crippen LogP contribution in [0.1, 0.15) is 29.1 Å². The molecule has 0 aliphatic carbocycles. The highest BCUT2D eigenvalue weighted by Gasteiger charge is 2.45. The summed E-state index contributed by atoms with van der Waals surface area (Å²) in [6.45, 7) is 1.40. The Kier molecular flexibility index (Phi) is 5.74. The fraction of sp³-hybridized carbons (Fsp3) is 0.160. The minimum atomic E-state index is -0.863. The third-order valence-electron chi connectivity index (χ3n) is 5.39. The van der Waals surface area contributed by atoms with Gasteiger partial charge in [0.05, 0.1) is 17.9 Å². The van der Waals surface area contributed by atoms with Gasteiger partial charge in [-0.3, -0.25) is 19.3 Å². The van der Waals surface area contributed by atoms with Crippen molar-refractivity contribution >= 4 is 34.7 Å². The number of carbonyl (C=O) groups is 3. The average Bonchev–Trinajstić information content (AvgIpc) is 3.41. The fourth-order valence-corrected chi connectivity index (χ4v) is 3.82. The Balaban J connectivity index is 1.80. The number of nitrogens with zero attached hydrogens (tertiary/aromatic N) is 2. The van der Waals surface area contributed by atoms with Gasteiger partial charge in [-0.15, -0.1) is 0 Å². The number of aliphatic hydroxyl groups is 1. The van der Waals surface area contributed by atoms with Crippen LogP contribution >= 0.6 is 0 Å². The summed E-state index contributed by atoms with van der Waals surface area (Å²) in [5, 5.41) is 13.4. The number of nitrogens with one attached hydrogen (secondary N) is 1. The Morgan fingerprint density at radius 1 is 1.03 bits per heavy atom. The molecule has 1 aromatic heterocycles. The molecule has 0 spiro atoms. The zero-order chi connectivity index (χ0) is 23.7. The standard InChI is InChI=1S/C25H23N3O5/c1-15(29)26-17-8-12-19(13-9-17)28-22(16-6-10-18(11-7-16)27(2)3)21(24(31)25(28)32)23(30)20-5-4-14-33-20/h4-14,22,31H,1-3H3,(H,26,29). The lowest BCUT2D eigenvalue weighted by Crippen LogP contribution is -2.31. The van der Waals surface area contributed by atoms with Crippen LogP contribution in [0.15, 0.2) is 82.7 Å². The number of Topliss-reactive ketones (excluding diaryl/α,β-unsaturated/α-hetero) is 1. The van der Waals surface area contributed by atoms with Crippen molar-refractivity contribution in [2.45, 2.75) is 13.0 Å². The second kappa shape index (κ2) is 8.66. The molecule has 33 heavy (non-hydrogen) atoms. The molecule has 0 bridgehead atoms. The Morgan fingerprint density at radius 3 is 2.24 bits per heavy atom. The molecule has 0 saturated heterocycles. The second-order valence-corrected chi connectivity index (χ2v) is 7.86. The van der Waals surface area contributed by atoms with E-state index in [1.54, 1.807) is 30.3 Å². The third kappa shape index (κ3) is 4.10. The molecule has 0 radical (unpaired) electrons. The molecule has 2 aromatic carbocycles. The van der Waals surface area contributed by atoms with Crippen molar-refractivity contribution in [2.24, 2.45) is 0 Å². The first kappa shape index (κ1) is 21.9. The molecular weight excluding hydrogens is 422 g/mol. The van der Waals surface area contributed by atoms with E-state index < -0.39 is 23.5 Å². The van der Waals surface area contributed by atoms with Crippen molar-refractivity contribution in [3.8, 4) is 0 Å². The van der Waals surface area contributed by atoms with Gasteiger partial charge < -0.3 is 19.7 Å². The molecule has 2 heterocycles. The highest BCUT2D eigenvalue weighted by atomic mass is 16.3. The zero-order valence-corrected chi connectivity index (χ0v) is 18.4. The zero-order valence-electron chi connectivity index (χ0n) is 18.4. The van der Waals surface area contributed by atoms with E-state index in [0.717, 1.165) is 5.69 Å². The summed E-state index contributed by atoms with van der Waals surface area (Å²) in [6, 6.07) is 16.2. The smallest absolute Gasteiger partial charge is 0.294 e. The van der Waals surface area contributed by atoms with Gasteiger partial charge in [-0.05, 0) is 54.1 Å². The number of amides is 2. The van der Waals surface area contributed by atoms with E-state index in [9.17, 15) is 19.5 Å². The van der Waals surface area contributed by atoms with Crippen LogP contribution in [0.25, 0.3) is 0 Å². The van der Waals surface area contributed by atoms with E-state index in [1.165, 1.54) is 24.2 Å². The van der Waals surface area contributed by atoms with E-state index in [4.69, 9.17) is 4.42 Å².